The average Bonchev–Trinajstić information content (AvgIpc) is 3.05. The van der Waals surface area contributed by atoms with Gasteiger partial charge in [-0.15, -0.1) is 10.2 Å². The van der Waals surface area contributed by atoms with Gasteiger partial charge in [-0.1, -0.05) is 0 Å². The van der Waals surface area contributed by atoms with Gasteiger partial charge in [0.25, 0.3) is 0 Å². The second kappa shape index (κ2) is 7.72. The molecule has 7 heteroatoms. The van der Waals surface area contributed by atoms with Crippen molar-refractivity contribution >= 4 is 5.69 Å². The van der Waals surface area contributed by atoms with E-state index in [2.05, 4.69) is 60.7 Å². The van der Waals surface area contributed by atoms with Gasteiger partial charge >= 0.3 is 0 Å². The molecule has 0 unspecified atom stereocenters. The van der Waals surface area contributed by atoms with E-state index in [0.29, 0.717) is 5.92 Å². The van der Waals surface area contributed by atoms with Crippen LogP contribution in [0.25, 0.3) is 0 Å². The molecular formula is C19H29N7. The van der Waals surface area contributed by atoms with Crippen LogP contribution in [0.15, 0.2) is 24.5 Å². The molecule has 2 aliphatic rings. The molecule has 2 aromatic rings. The van der Waals surface area contributed by atoms with Crippen molar-refractivity contribution in [2.45, 2.75) is 25.3 Å². The van der Waals surface area contributed by atoms with Crippen LogP contribution >= 0.6 is 0 Å². The molecule has 2 aromatic heterocycles. The maximum absolute atomic E-state index is 4.56. The molecule has 4 heterocycles. The highest BCUT2D eigenvalue weighted by Crippen LogP contribution is 2.29. The third-order valence-electron chi connectivity index (χ3n) is 5.85. The quantitative estimate of drug-likeness (QED) is 0.825. The number of hydrogen-bond donors (Lipinski definition) is 0. The Hall–Kier alpha value is -1.99. The number of piperidine rings is 1. The van der Waals surface area contributed by atoms with E-state index in [-0.39, 0.29) is 0 Å². The first-order chi connectivity index (χ1) is 12.7. The predicted octanol–water partition coefficient (Wildman–Crippen LogP) is 1.34. The molecule has 2 fully saturated rings. The number of rotatable bonds is 4. The molecule has 4 rings (SSSR count). The van der Waals surface area contributed by atoms with Crippen molar-refractivity contribution in [3.05, 3.63) is 36.2 Å². The highest BCUT2D eigenvalue weighted by molar-refractivity contribution is 5.45. The van der Waals surface area contributed by atoms with Crippen molar-refractivity contribution in [1.29, 1.82) is 0 Å². The predicted molar refractivity (Wildman–Crippen MR) is 102 cm³/mol. The summed E-state index contributed by atoms with van der Waals surface area (Å²) in [6, 6.07) is 4.19. The summed E-state index contributed by atoms with van der Waals surface area (Å²) in [7, 11) is 4.33. The smallest absolute Gasteiger partial charge is 0.146 e. The molecule has 140 valence electrons. The van der Waals surface area contributed by atoms with E-state index in [4.69, 9.17) is 0 Å². The zero-order valence-corrected chi connectivity index (χ0v) is 15.9. The molecule has 0 aliphatic carbocycles. The van der Waals surface area contributed by atoms with Crippen molar-refractivity contribution in [2.24, 2.45) is 7.05 Å². The molecule has 0 spiro atoms. The molecule has 26 heavy (non-hydrogen) atoms. The Bertz CT molecular complexity index is 698. The van der Waals surface area contributed by atoms with Crippen LogP contribution in [-0.4, -0.2) is 75.9 Å². The zero-order valence-electron chi connectivity index (χ0n) is 15.9. The normalized spacial score (nSPS) is 20.6. The number of likely N-dealkylation sites (N-methyl/N-ethyl adjacent to an activating group) is 1. The Kier molecular flexibility index (Phi) is 5.17. The van der Waals surface area contributed by atoms with Gasteiger partial charge in [-0.3, -0.25) is 9.88 Å². The second-order valence-electron chi connectivity index (χ2n) is 7.58. The number of pyridine rings is 1. The topological polar surface area (TPSA) is 53.3 Å². The molecule has 0 atom stereocenters. The fraction of sp³-hybridized carbons (Fsp3) is 0.632. The monoisotopic (exact) mass is 355 g/mol. The summed E-state index contributed by atoms with van der Waals surface area (Å²) in [5.41, 5.74) is 1.27. The van der Waals surface area contributed by atoms with Gasteiger partial charge in [0, 0.05) is 70.3 Å². The summed E-state index contributed by atoms with van der Waals surface area (Å²) < 4.78 is 2.24. The summed E-state index contributed by atoms with van der Waals surface area (Å²) in [5.74, 6) is 2.76. The van der Waals surface area contributed by atoms with Gasteiger partial charge in [0.2, 0.25) is 0 Å². The molecule has 2 aliphatic heterocycles. The third kappa shape index (κ3) is 3.73. The van der Waals surface area contributed by atoms with Crippen molar-refractivity contribution in [1.82, 2.24) is 29.5 Å². The Morgan fingerprint density at radius 3 is 2.31 bits per heavy atom. The van der Waals surface area contributed by atoms with E-state index < -0.39 is 0 Å². The van der Waals surface area contributed by atoms with Crippen molar-refractivity contribution in [3.63, 3.8) is 0 Å². The van der Waals surface area contributed by atoms with Crippen LogP contribution < -0.4 is 4.90 Å². The molecule has 0 amide bonds. The van der Waals surface area contributed by atoms with Gasteiger partial charge < -0.3 is 14.4 Å². The number of nitrogens with zero attached hydrogens (tertiary/aromatic N) is 7. The van der Waals surface area contributed by atoms with Gasteiger partial charge in [0.15, 0.2) is 0 Å². The lowest BCUT2D eigenvalue weighted by molar-refractivity contribution is 0.144. The summed E-state index contributed by atoms with van der Waals surface area (Å²) in [4.78, 5) is 11.4. The largest absolute Gasteiger partial charge is 0.371 e. The summed E-state index contributed by atoms with van der Waals surface area (Å²) >= 11 is 0. The lowest BCUT2D eigenvalue weighted by atomic mass is 9.95. The van der Waals surface area contributed by atoms with E-state index in [1.807, 2.05) is 12.4 Å². The lowest BCUT2D eigenvalue weighted by Crippen LogP contribution is -2.44. The minimum atomic E-state index is 0.506. The Morgan fingerprint density at radius 1 is 0.923 bits per heavy atom. The second-order valence-corrected chi connectivity index (χ2v) is 7.58. The van der Waals surface area contributed by atoms with Crippen LogP contribution in [-0.2, 0) is 13.6 Å². The zero-order chi connectivity index (χ0) is 17.9. The number of piperazine rings is 1. The fourth-order valence-corrected chi connectivity index (χ4v) is 4.03. The van der Waals surface area contributed by atoms with E-state index in [1.165, 1.54) is 5.69 Å². The van der Waals surface area contributed by atoms with Gasteiger partial charge in [0.05, 0.1) is 6.54 Å². The van der Waals surface area contributed by atoms with Gasteiger partial charge in [0.1, 0.15) is 11.6 Å². The molecule has 0 saturated carbocycles. The molecule has 2 saturated heterocycles. The average molecular weight is 355 g/mol. The van der Waals surface area contributed by atoms with Crippen LogP contribution in [0.5, 0.6) is 0 Å². The van der Waals surface area contributed by atoms with E-state index >= 15 is 0 Å². The van der Waals surface area contributed by atoms with Crippen molar-refractivity contribution < 1.29 is 0 Å². The van der Waals surface area contributed by atoms with Crippen molar-refractivity contribution in [3.8, 4) is 0 Å². The summed E-state index contributed by atoms with van der Waals surface area (Å²) in [6.45, 7) is 7.54. The van der Waals surface area contributed by atoms with Crippen molar-refractivity contribution in [2.75, 3.05) is 51.2 Å². The molecule has 0 aromatic carbocycles. The Morgan fingerprint density at radius 2 is 1.62 bits per heavy atom. The highest BCUT2D eigenvalue weighted by atomic mass is 15.3. The molecular weight excluding hydrogens is 326 g/mol. The maximum Gasteiger partial charge on any atom is 0.146 e. The van der Waals surface area contributed by atoms with Crippen LogP contribution in [0.2, 0.25) is 0 Å². The summed E-state index contributed by atoms with van der Waals surface area (Å²) in [6.07, 6.45) is 6.00. The van der Waals surface area contributed by atoms with Gasteiger partial charge in [-0.25, -0.2) is 0 Å². The fourth-order valence-electron chi connectivity index (χ4n) is 4.03. The maximum atomic E-state index is 4.56. The molecule has 0 radical (unpaired) electrons. The Labute approximate surface area is 155 Å². The lowest BCUT2D eigenvalue weighted by Gasteiger charge is -2.33. The van der Waals surface area contributed by atoms with E-state index in [9.17, 15) is 0 Å². The van der Waals surface area contributed by atoms with Gasteiger partial charge in [-0.05, 0) is 32.0 Å². The Balaban J connectivity index is 1.36. The molecule has 0 bridgehead atoms. The molecule has 0 N–H and O–H groups in total. The standard InChI is InChI=1S/C19H29N7/c1-23-11-13-25(14-12-23)15-18-21-22-19(24(18)2)16-5-9-26(10-6-16)17-3-7-20-8-4-17/h3-4,7-8,16H,5-6,9-15H2,1-2H3. The van der Waals surface area contributed by atoms with Crippen LogP contribution in [0, 0.1) is 0 Å². The first kappa shape index (κ1) is 17.4. The number of hydrogen-bond acceptors (Lipinski definition) is 6. The minimum Gasteiger partial charge on any atom is -0.371 e. The SMILES string of the molecule is CN1CCN(Cc2nnc(C3CCN(c4ccncc4)CC3)n2C)CC1. The van der Waals surface area contributed by atoms with Crippen LogP contribution in [0.3, 0.4) is 0 Å². The third-order valence-corrected chi connectivity index (χ3v) is 5.85. The van der Waals surface area contributed by atoms with Crippen LogP contribution in [0.1, 0.15) is 30.4 Å². The number of aromatic nitrogens is 4. The van der Waals surface area contributed by atoms with E-state index in [0.717, 1.165) is 70.3 Å². The number of anilines is 1. The van der Waals surface area contributed by atoms with Gasteiger partial charge in [-0.2, -0.15) is 0 Å². The minimum absolute atomic E-state index is 0.506. The molecule has 7 nitrogen and oxygen atoms in total. The summed E-state index contributed by atoms with van der Waals surface area (Å²) in [5, 5.41) is 9.08. The highest BCUT2D eigenvalue weighted by Gasteiger charge is 2.26. The van der Waals surface area contributed by atoms with E-state index in [1.54, 1.807) is 0 Å². The van der Waals surface area contributed by atoms with Crippen LogP contribution in [0.4, 0.5) is 5.69 Å². The first-order valence-electron chi connectivity index (χ1n) is 9.65. The first-order valence-corrected chi connectivity index (χ1v) is 9.65.